The third kappa shape index (κ3) is 3.14. The first-order valence-corrected chi connectivity index (χ1v) is 3.83. The van der Waals surface area contributed by atoms with Gasteiger partial charge in [-0.05, 0) is 18.1 Å². The van der Waals surface area contributed by atoms with Crippen molar-refractivity contribution in [2.24, 2.45) is 23.1 Å². The van der Waals surface area contributed by atoms with Crippen molar-refractivity contribution in [3.8, 4) is 0 Å². The van der Waals surface area contributed by atoms with Crippen molar-refractivity contribution >= 4 is 0 Å². The van der Waals surface area contributed by atoms with E-state index in [0.29, 0.717) is 17.1 Å². The minimum absolute atomic E-state index is 0.235. The molecule has 0 unspecified atom stereocenters. The molecule has 0 bridgehead atoms. The number of allylic oxidation sites excluding steroid dienone is 3. The summed E-state index contributed by atoms with van der Waals surface area (Å²) in [4.78, 5) is 0. The molecule has 0 amide bonds. The zero-order valence-electron chi connectivity index (χ0n) is 7.67. The lowest BCUT2D eigenvalue weighted by molar-refractivity contribution is 0.746. The van der Waals surface area contributed by atoms with Crippen LogP contribution in [0.4, 0.5) is 0 Å². The van der Waals surface area contributed by atoms with Crippen molar-refractivity contribution in [3.63, 3.8) is 0 Å². The van der Waals surface area contributed by atoms with Crippen molar-refractivity contribution in [1.82, 2.24) is 0 Å². The molecular weight excluding hydrogens is 150 g/mol. The van der Waals surface area contributed by atoms with Crippen LogP contribution in [-0.4, -0.2) is 0 Å². The second-order valence-corrected chi connectivity index (χ2v) is 2.91. The first kappa shape index (κ1) is 10.6. The van der Waals surface area contributed by atoms with Crippen LogP contribution in [-0.2, 0) is 0 Å². The van der Waals surface area contributed by atoms with Crippen LogP contribution in [0.2, 0.25) is 0 Å². The number of nitrogens with two attached hydrogens (primary N) is 3. The van der Waals surface area contributed by atoms with Crippen LogP contribution in [0.1, 0.15) is 13.8 Å². The van der Waals surface area contributed by atoms with Crippen LogP contribution >= 0.6 is 0 Å². The molecule has 0 rings (SSSR count). The van der Waals surface area contributed by atoms with Crippen molar-refractivity contribution in [3.05, 3.63) is 35.8 Å². The van der Waals surface area contributed by atoms with E-state index in [2.05, 4.69) is 6.58 Å². The smallest absolute Gasteiger partial charge is 0.0528 e. The van der Waals surface area contributed by atoms with Crippen LogP contribution in [0, 0.1) is 5.92 Å². The standard InChI is InChI=1S/C9H17N3/c1-4-7(10)5-8(11)9(12)6(2)3/h4-6H,1,10-12H2,2-3H3/b7-5+,9-8+. The molecule has 0 atom stereocenters. The monoisotopic (exact) mass is 167 g/mol. The average Bonchev–Trinajstić information content (AvgIpc) is 2.02. The summed E-state index contributed by atoms with van der Waals surface area (Å²) in [6.45, 7) is 7.45. The molecule has 0 heterocycles. The summed E-state index contributed by atoms with van der Waals surface area (Å²) in [5.74, 6) is 0.235. The fraction of sp³-hybridized carbons (Fsp3) is 0.333. The lowest BCUT2D eigenvalue weighted by Gasteiger charge is -2.07. The lowest BCUT2D eigenvalue weighted by atomic mass is 10.1. The number of hydrogen-bond donors (Lipinski definition) is 3. The summed E-state index contributed by atoms with van der Waals surface area (Å²) >= 11 is 0. The largest absolute Gasteiger partial charge is 0.400 e. The molecule has 0 aliphatic heterocycles. The molecule has 68 valence electrons. The molecule has 3 nitrogen and oxygen atoms in total. The molecule has 0 aromatic carbocycles. The number of hydrogen-bond acceptors (Lipinski definition) is 3. The van der Waals surface area contributed by atoms with Gasteiger partial charge in [0.2, 0.25) is 0 Å². The van der Waals surface area contributed by atoms with Gasteiger partial charge in [-0.25, -0.2) is 0 Å². The van der Waals surface area contributed by atoms with Gasteiger partial charge < -0.3 is 17.2 Å². The first-order chi connectivity index (χ1) is 5.49. The molecule has 0 saturated carbocycles. The zero-order valence-corrected chi connectivity index (χ0v) is 7.67. The Hall–Kier alpha value is -1.38. The highest BCUT2D eigenvalue weighted by molar-refractivity contribution is 5.28. The number of rotatable bonds is 3. The molecule has 0 aliphatic rings. The second-order valence-electron chi connectivity index (χ2n) is 2.91. The third-order valence-corrected chi connectivity index (χ3v) is 1.51. The van der Waals surface area contributed by atoms with Crippen LogP contribution in [0.5, 0.6) is 0 Å². The van der Waals surface area contributed by atoms with Gasteiger partial charge in [0.1, 0.15) is 0 Å². The predicted octanol–water partition coefficient (Wildman–Crippen LogP) is 0.800. The van der Waals surface area contributed by atoms with Crippen molar-refractivity contribution in [2.75, 3.05) is 0 Å². The molecule has 12 heavy (non-hydrogen) atoms. The summed E-state index contributed by atoms with van der Waals surface area (Å²) < 4.78 is 0. The van der Waals surface area contributed by atoms with E-state index in [0.717, 1.165) is 0 Å². The molecule has 3 heteroatoms. The van der Waals surface area contributed by atoms with E-state index in [-0.39, 0.29) is 5.92 Å². The maximum Gasteiger partial charge on any atom is 0.0528 e. The SMILES string of the molecule is C=C/C(N)=C\C(N)=C(/N)C(C)C. The Morgan fingerprint density at radius 2 is 1.75 bits per heavy atom. The topological polar surface area (TPSA) is 78.1 Å². The minimum atomic E-state index is 0.235. The maximum absolute atomic E-state index is 5.68. The van der Waals surface area contributed by atoms with E-state index >= 15 is 0 Å². The van der Waals surface area contributed by atoms with E-state index in [1.54, 1.807) is 6.08 Å². The van der Waals surface area contributed by atoms with Crippen molar-refractivity contribution in [2.45, 2.75) is 13.8 Å². The summed E-state index contributed by atoms with van der Waals surface area (Å²) in [5.41, 5.74) is 18.5. The summed E-state index contributed by atoms with van der Waals surface area (Å²) in [6.07, 6.45) is 3.14. The maximum atomic E-state index is 5.68. The Bertz CT molecular complexity index is 224. The third-order valence-electron chi connectivity index (χ3n) is 1.51. The van der Waals surface area contributed by atoms with Crippen molar-refractivity contribution in [1.29, 1.82) is 0 Å². The fourth-order valence-electron chi connectivity index (χ4n) is 0.655. The Kier molecular flexibility index (Phi) is 3.97. The Labute approximate surface area is 73.6 Å². The molecule has 0 saturated heterocycles. The zero-order chi connectivity index (χ0) is 9.72. The van der Waals surface area contributed by atoms with Crippen LogP contribution < -0.4 is 17.2 Å². The van der Waals surface area contributed by atoms with E-state index in [4.69, 9.17) is 17.2 Å². The van der Waals surface area contributed by atoms with E-state index < -0.39 is 0 Å². The molecule has 0 fully saturated rings. The van der Waals surface area contributed by atoms with Gasteiger partial charge in [-0.15, -0.1) is 0 Å². The average molecular weight is 167 g/mol. The van der Waals surface area contributed by atoms with Gasteiger partial charge in [0.05, 0.1) is 5.70 Å². The Morgan fingerprint density at radius 1 is 1.25 bits per heavy atom. The Balaban J connectivity index is 4.68. The quantitative estimate of drug-likeness (QED) is 0.544. The molecule has 0 spiro atoms. The summed E-state index contributed by atoms with van der Waals surface area (Å²) in [5, 5.41) is 0. The normalized spacial score (nSPS) is 14.4. The summed E-state index contributed by atoms with van der Waals surface area (Å²) in [6, 6.07) is 0. The highest BCUT2D eigenvalue weighted by Crippen LogP contribution is 2.06. The van der Waals surface area contributed by atoms with Gasteiger partial charge in [-0.3, -0.25) is 0 Å². The molecule has 0 aromatic heterocycles. The highest BCUT2D eigenvalue weighted by atomic mass is 14.7. The van der Waals surface area contributed by atoms with Crippen molar-refractivity contribution < 1.29 is 0 Å². The first-order valence-electron chi connectivity index (χ1n) is 3.83. The second kappa shape index (κ2) is 4.49. The predicted molar refractivity (Wildman–Crippen MR) is 52.7 cm³/mol. The molecule has 6 N–H and O–H groups in total. The summed E-state index contributed by atoms with van der Waals surface area (Å²) in [7, 11) is 0. The molecule has 0 aliphatic carbocycles. The van der Waals surface area contributed by atoms with Gasteiger partial charge in [0.15, 0.2) is 0 Å². The van der Waals surface area contributed by atoms with Crippen LogP contribution in [0.15, 0.2) is 35.8 Å². The molecule has 0 aromatic rings. The van der Waals surface area contributed by atoms with Crippen LogP contribution in [0.25, 0.3) is 0 Å². The van der Waals surface area contributed by atoms with Gasteiger partial charge in [0.25, 0.3) is 0 Å². The van der Waals surface area contributed by atoms with Gasteiger partial charge in [-0.1, -0.05) is 20.4 Å². The van der Waals surface area contributed by atoms with E-state index in [1.807, 2.05) is 13.8 Å². The Morgan fingerprint density at radius 3 is 2.08 bits per heavy atom. The van der Waals surface area contributed by atoms with Gasteiger partial charge >= 0.3 is 0 Å². The van der Waals surface area contributed by atoms with E-state index in [1.165, 1.54) is 6.08 Å². The van der Waals surface area contributed by atoms with E-state index in [9.17, 15) is 0 Å². The fourth-order valence-corrected chi connectivity index (χ4v) is 0.655. The highest BCUT2D eigenvalue weighted by Gasteiger charge is 2.00. The lowest BCUT2D eigenvalue weighted by Crippen LogP contribution is -2.14. The molecule has 0 radical (unpaired) electrons. The van der Waals surface area contributed by atoms with Crippen LogP contribution in [0.3, 0.4) is 0 Å². The van der Waals surface area contributed by atoms with Gasteiger partial charge in [-0.2, -0.15) is 0 Å². The minimum Gasteiger partial charge on any atom is -0.400 e. The van der Waals surface area contributed by atoms with Gasteiger partial charge in [0, 0.05) is 11.4 Å². The molecular formula is C9H17N3.